The Kier molecular flexibility index (Phi) is 7.66. The standard InChI is InChI=1S/C21H36N6O2/c1-4-5-8-26-9-11-27(12-10-26)21(29)17-6-7-19(16-24(2)14-17)23-20(28)18-13-22-25(3)15-18/h13,15,17,19H,4-12,14,16H2,1-3H3,(H,23,28)/t17-,19+/m1/s1. The molecule has 162 valence electrons. The zero-order valence-electron chi connectivity index (χ0n) is 18.1. The molecule has 2 atom stereocenters. The van der Waals surface area contributed by atoms with Crippen LogP contribution in [0, 0.1) is 5.92 Å². The number of nitrogens with one attached hydrogen (secondary N) is 1. The van der Waals surface area contributed by atoms with Gasteiger partial charge in [0.25, 0.3) is 5.91 Å². The van der Waals surface area contributed by atoms with E-state index >= 15 is 0 Å². The molecule has 0 unspecified atom stereocenters. The molecule has 8 nitrogen and oxygen atoms in total. The van der Waals surface area contributed by atoms with E-state index in [1.807, 2.05) is 7.05 Å². The quantitative estimate of drug-likeness (QED) is 0.759. The molecule has 1 aromatic heterocycles. The van der Waals surface area contributed by atoms with Crippen LogP contribution >= 0.6 is 0 Å². The second-order valence-electron chi connectivity index (χ2n) is 8.59. The van der Waals surface area contributed by atoms with Crippen LogP contribution in [0.4, 0.5) is 0 Å². The van der Waals surface area contributed by atoms with Gasteiger partial charge < -0.3 is 15.1 Å². The summed E-state index contributed by atoms with van der Waals surface area (Å²) in [5.74, 6) is 0.207. The maximum atomic E-state index is 13.1. The lowest BCUT2D eigenvalue weighted by atomic mass is 9.99. The van der Waals surface area contributed by atoms with Crippen molar-refractivity contribution in [1.29, 1.82) is 0 Å². The minimum atomic E-state index is -0.0931. The predicted molar refractivity (Wildman–Crippen MR) is 113 cm³/mol. The molecular formula is C21H36N6O2. The van der Waals surface area contributed by atoms with Crippen molar-refractivity contribution in [2.24, 2.45) is 13.0 Å². The average Bonchev–Trinajstić information content (AvgIpc) is 3.06. The summed E-state index contributed by atoms with van der Waals surface area (Å²) in [4.78, 5) is 32.3. The van der Waals surface area contributed by atoms with Crippen molar-refractivity contribution >= 4 is 11.8 Å². The number of likely N-dealkylation sites (tertiary alicyclic amines) is 1. The van der Waals surface area contributed by atoms with Gasteiger partial charge in [-0.05, 0) is 32.9 Å². The van der Waals surface area contributed by atoms with E-state index in [4.69, 9.17) is 0 Å². The van der Waals surface area contributed by atoms with Crippen LogP contribution in [0.5, 0.6) is 0 Å². The van der Waals surface area contributed by atoms with Gasteiger partial charge in [-0.25, -0.2) is 0 Å². The molecular weight excluding hydrogens is 368 g/mol. The van der Waals surface area contributed by atoms with Gasteiger partial charge in [-0.2, -0.15) is 5.10 Å². The van der Waals surface area contributed by atoms with E-state index < -0.39 is 0 Å². The molecule has 1 N–H and O–H groups in total. The molecule has 3 heterocycles. The molecule has 0 bridgehead atoms. The molecule has 0 aliphatic carbocycles. The monoisotopic (exact) mass is 404 g/mol. The lowest BCUT2D eigenvalue weighted by Crippen LogP contribution is -2.51. The van der Waals surface area contributed by atoms with E-state index in [1.54, 1.807) is 24.1 Å². The van der Waals surface area contributed by atoms with Gasteiger partial charge in [-0.1, -0.05) is 13.3 Å². The Labute approximate surface area is 174 Å². The highest BCUT2D eigenvalue weighted by molar-refractivity contribution is 5.93. The molecule has 0 saturated carbocycles. The SMILES string of the molecule is CCCCN1CCN(C(=O)[C@@H]2CC[C@H](NC(=O)c3cnn(C)c3)CN(C)C2)CC1. The molecule has 29 heavy (non-hydrogen) atoms. The number of carbonyl (C=O) groups is 2. The second-order valence-corrected chi connectivity index (χ2v) is 8.59. The van der Waals surface area contributed by atoms with Crippen LogP contribution < -0.4 is 5.32 Å². The molecule has 0 spiro atoms. The fourth-order valence-corrected chi connectivity index (χ4v) is 4.37. The highest BCUT2D eigenvalue weighted by Gasteiger charge is 2.31. The van der Waals surface area contributed by atoms with Crippen molar-refractivity contribution in [1.82, 2.24) is 29.8 Å². The largest absolute Gasteiger partial charge is 0.348 e. The Balaban J connectivity index is 1.49. The summed E-state index contributed by atoms with van der Waals surface area (Å²) >= 11 is 0. The molecule has 1 aromatic rings. The maximum absolute atomic E-state index is 13.1. The van der Waals surface area contributed by atoms with Crippen molar-refractivity contribution in [3.63, 3.8) is 0 Å². The van der Waals surface area contributed by atoms with E-state index in [1.165, 1.54) is 12.8 Å². The van der Waals surface area contributed by atoms with Gasteiger partial charge in [-0.3, -0.25) is 19.2 Å². The Bertz CT molecular complexity index is 682. The van der Waals surface area contributed by atoms with E-state index in [2.05, 4.69) is 32.0 Å². The summed E-state index contributed by atoms with van der Waals surface area (Å²) in [6, 6.07) is 0.0522. The number of carbonyl (C=O) groups excluding carboxylic acids is 2. The van der Waals surface area contributed by atoms with Gasteiger partial charge in [0.2, 0.25) is 5.91 Å². The second kappa shape index (κ2) is 10.2. The first kappa shape index (κ1) is 21.8. The summed E-state index contributed by atoms with van der Waals surface area (Å²) in [5.41, 5.74) is 0.577. The smallest absolute Gasteiger partial charge is 0.254 e. The molecule has 2 saturated heterocycles. The molecule has 3 rings (SSSR count). The zero-order chi connectivity index (χ0) is 20.8. The molecule has 0 radical (unpaired) electrons. The van der Waals surface area contributed by atoms with E-state index in [0.717, 1.165) is 58.7 Å². The normalized spacial score (nSPS) is 24.3. The van der Waals surface area contributed by atoms with Crippen LogP contribution in [0.3, 0.4) is 0 Å². The van der Waals surface area contributed by atoms with E-state index in [-0.39, 0.29) is 23.8 Å². The molecule has 2 aliphatic rings. The van der Waals surface area contributed by atoms with Crippen LogP contribution in [0.25, 0.3) is 0 Å². The highest BCUT2D eigenvalue weighted by Crippen LogP contribution is 2.20. The molecule has 0 aromatic carbocycles. The van der Waals surface area contributed by atoms with Crippen LogP contribution in [0.1, 0.15) is 43.0 Å². The van der Waals surface area contributed by atoms with Gasteiger partial charge in [-0.15, -0.1) is 0 Å². The number of rotatable bonds is 6. The van der Waals surface area contributed by atoms with Crippen molar-refractivity contribution in [2.45, 2.75) is 38.6 Å². The third-order valence-electron chi connectivity index (χ3n) is 6.09. The fraction of sp³-hybridized carbons (Fsp3) is 0.762. The summed E-state index contributed by atoms with van der Waals surface area (Å²) in [6.45, 7) is 8.52. The topological polar surface area (TPSA) is 73.7 Å². The van der Waals surface area contributed by atoms with Gasteiger partial charge in [0.1, 0.15) is 0 Å². The third-order valence-corrected chi connectivity index (χ3v) is 6.09. The lowest BCUT2D eigenvalue weighted by molar-refractivity contribution is -0.137. The van der Waals surface area contributed by atoms with Crippen LogP contribution in [0.2, 0.25) is 0 Å². The number of aromatic nitrogens is 2. The van der Waals surface area contributed by atoms with Crippen LogP contribution in [-0.4, -0.2) is 95.2 Å². The molecule has 8 heteroatoms. The minimum Gasteiger partial charge on any atom is -0.348 e. The Hall–Kier alpha value is -1.93. The minimum absolute atomic E-state index is 0.0162. The average molecular weight is 405 g/mol. The first-order chi connectivity index (χ1) is 14.0. The van der Waals surface area contributed by atoms with Gasteiger partial charge in [0, 0.05) is 58.6 Å². The summed E-state index contributed by atoms with van der Waals surface area (Å²) in [5, 5.41) is 7.18. The van der Waals surface area contributed by atoms with Crippen molar-refractivity contribution in [3.8, 4) is 0 Å². The summed E-state index contributed by atoms with van der Waals surface area (Å²) < 4.78 is 1.63. The number of nitrogens with zero attached hydrogens (tertiary/aromatic N) is 5. The van der Waals surface area contributed by atoms with E-state index in [0.29, 0.717) is 5.56 Å². The van der Waals surface area contributed by atoms with Gasteiger partial charge in [0.15, 0.2) is 0 Å². The number of unbranched alkanes of at least 4 members (excludes halogenated alkanes) is 1. The molecule has 2 aliphatic heterocycles. The maximum Gasteiger partial charge on any atom is 0.254 e. The Morgan fingerprint density at radius 3 is 2.55 bits per heavy atom. The van der Waals surface area contributed by atoms with Gasteiger partial charge in [0.05, 0.1) is 17.7 Å². The van der Waals surface area contributed by atoms with Gasteiger partial charge >= 0.3 is 0 Å². The Morgan fingerprint density at radius 1 is 1.14 bits per heavy atom. The van der Waals surface area contributed by atoms with Crippen LogP contribution in [0.15, 0.2) is 12.4 Å². The van der Waals surface area contributed by atoms with Crippen molar-refractivity contribution in [3.05, 3.63) is 18.0 Å². The number of hydrogen-bond donors (Lipinski definition) is 1. The van der Waals surface area contributed by atoms with E-state index in [9.17, 15) is 9.59 Å². The summed E-state index contributed by atoms with van der Waals surface area (Å²) in [7, 11) is 3.84. The number of hydrogen-bond acceptors (Lipinski definition) is 5. The molecule has 2 fully saturated rings. The lowest BCUT2D eigenvalue weighted by Gasteiger charge is -2.36. The van der Waals surface area contributed by atoms with Crippen LogP contribution in [-0.2, 0) is 11.8 Å². The molecule has 2 amide bonds. The first-order valence-electron chi connectivity index (χ1n) is 11.0. The number of likely N-dealkylation sites (N-methyl/N-ethyl adjacent to an activating group) is 1. The highest BCUT2D eigenvalue weighted by atomic mass is 16.2. The number of aryl methyl sites for hydroxylation is 1. The predicted octanol–water partition coefficient (Wildman–Crippen LogP) is 0.805. The summed E-state index contributed by atoms with van der Waals surface area (Å²) in [6.07, 6.45) is 7.39. The number of piperazine rings is 1. The first-order valence-corrected chi connectivity index (χ1v) is 11.0. The number of amides is 2. The Morgan fingerprint density at radius 2 is 1.90 bits per heavy atom. The zero-order valence-corrected chi connectivity index (χ0v) is 18.1. The van der Waals surface area contributed by atoms with Crippen molar-refractivity contribution < 1.29 is 9.59 Å². The van der Waals surface area contributed by atoms with Crippen molar-refractivity contribution in [2.75, 3.05) is 52.9 Å². The third kappa shape index (κ3) is 6.02. The fourth-order valence-electron chi connectivity index (χ4n) is 4.37.